The molecule has 2 amide bonds. The molecule has 0 fully saturated rings. The molecule has 0 aliphatic heterocycles. The third-order valence-electron chi connectivity index (χ3n) is 2.47. The smallest absolute Gasteiger partial charge is 0.329 e. The topological polar surface area (TPSA) is 76.4 Å². The summed E-state index contributed by atoms with van der Waals surface area (Å²) in [5, 5.41) is 2.61. The van der Waals surface area contributed by atoms with Gasteiger partial charge in [0.25, 0.3) is 0 Å². The molecule has 88 valence electrons. The van der Waals surface area contributed by atoms with Gasteiger partial charge in [0.05, 0.1) is 7.11 Å². The Morgan fingerprint density at radius 3 is 2.56 bits per heavy atom. The second-order valence-electron chi connectivity index (χ2n) is 3.58. The fraction of sp³-hybridized carbons (Fsp3) is 0.364. The monoisotopic (exact) mass is 223 g/mol. The molecule has 5 nitrogen and oxygen atoms in total. The Bertz CT molecular complexity index is 391. The highest BCUT2D eigenvalue weighted by molar-refractivity contribution is 5.73. The van der Waals surface area contributed by atoms with Crippen LogP contribution in [0.5, 0.6) is 5.75 Å². The van der Waals surface area contributed by atoms with Crippen LogP contribution >= 0.6 is 0 Å². The molecule has 0 heterocycles. The molecule has 0 atom stereocenters. The Hall–Kier alpha value is -1.75. The molecule has 0 aliphatic carbocycles. The first-order valence-electron chi connectivity index (χ1n) is 4.97. The van der Waals surface area contributed by atoms with Gasteiger partial charge in [-0.15, -0.1) is 0 Å². The van der Waals surface area contributed by atoms with Gasteiger partial charge in [-0.3, -0.25) is 5.43 Å². The van der Waals surface area contributed by atoms with E-state index in [1.807, 2.05) is 31.4 Å². The van der Waals surface area contributed by atoms with E-state index in [1.165, 1.54) is 0 Å². The summed E-state index contributed by atoms with van der Waals surface area (Å²) in [5.41, 5.74) is 5.25. The van der Waals surface area contributed by atoms with Crippen LogP contribution in [0, 0.1) is 13.8 Å². The molecule has 0 bridgehead atoms. The standard InChI is InChI=1S/C11H17N3O2/c1-7-4-9(6-13-11(15)14-12)10(16-3)5-8(7)2/h4-5H,6,12H2,1-3H3,(H2,13,14,15). The van der Waals surface area contributed by atoms with Gasteiger partial charge in [-0.05, 0) is 31.0 Å². The Morgan fingerprint density at radius 2 is 2.00 bits per heavy atom. The Morgan fingerprint density at radius 1 is 1.38 bits per heavy atom. The van der Waals surface area contributed by atoms with E-state index < -0.39 is 6.03 Å². The number of nitrogens with two attached hydrogens (primary N) is 1. The zero-order valence-corrected chi connectivity index (χ0v) is 9.76. The van der Waals surface area contributed by atoms with Crippen molar-refractivity contribution in [1.82, 2.24) is 10.7 Å². The highest BCUT2D eigenvalue weighted by Gasteiger charge is 2.06. The summed E-state index contributed by atoms with van der Waals surface area (Å²) in [6, 6.07) is 3.53. The van der Waals surface area contributed by atoms with E-state index in [4.69, 9.17) is 10.6 Å². The predicted molar refractivity (Wildman–Crippen MR) is 62.0 cm³/mol. The van der Waals surface area contributed by atoms with Gasteiger partial charge in [0.2, 0.25) is 0 Å². The number of hydrogen-bond acceptors (Lipinski definition) is 3. The van der Waals surface area contributed by atoms with Gasteiger partial charge >= 0.3 is 6.03 Å². The van der Waals surface area contributed by atoms with E-state index in [0.717, 1.165) is 22.4 Å². The fourth-order valence-corrected chi connectivity index (χ4v) is 1.40. The summed E-state index contributed by atoms with van der Waals surface area (Å²) in [7, 11) is 1.61. The molecule has 1 rings (SSSR count). The first kappa shape index (κ1) is 12.3. The lowest BCUT2D eigenvalue weighted by Gasteiger charge is -2.12. The van der Waals surface area contributed by atoms with Crippen LogP contribution in [0.2, 0.25) is 0 Å². The van der Waals surface area contributed by atoms with Gasteiger partial charge in [0.15, 0.2) is 0 Å². The maximum absolute atomic E-state index is 10.9. The van der Waals surface area contributed by atoms with Gasteiger partial charge in [-0.25, -0.2) is 10.6 Å². The van der Waals surface area contributed by atoms with Gasteiger partial charge < -0.3 is 10.1 Å². The van der Waals surface area contributed by atoms with Crippen molar-refractivity contribution in [1.29, 1.82) is 0 Å². The summed E-state index contributed by atoms with van der Waals surface area (Å²) in [5.74, 6) is 5.73. The average molecular weight is 223 g/mol. The number of aryl methyl sites for hydroxylation is 2. The van der Waals surface area contributed by atoms with Crippen molar-refractivity contribution < 1.29 is 9.53 Å². The number of amides is 2. The minimum Gasteiger partial charge on any atom is -0.496 e. The zero-order chi connectivity index (χ0) is 12.1. The van der Waals surface area contributed by atoms with Crippen molar-refractivity contribution in [3.05, 3.63) is 28.8 Å². The summed E-state index contributed by atoms with van der Waals surface area (Å²) in [6.07, 6.45) is 0. The highest BCUT2D eigenvalue weighted by atomic mass is 16.5. The molecule has 1 aromatic rings. The van der Waals surface area contributed by atoms with Crippen molar-refractivity contribution in [2.45, 2.75) is 20.4 Å². The van der Waals surface area contributed by atoms with Crippen molar-refractivity contribution >= 4 is 6.03 Å². The normalized spacial score (nSPS) is 9.75. The molecule has 1 aromatic carbocycles. The Labute approximate surface area is 94.9 Å². The molecule has 0 aliphatic rings. The second-order valence-corrected chi connectivity index (χ2v) is 3.58. The van der Waals surface area contributed by atoms with E-state index in [-0.39, 0.29) is 0 Å². The van der Waals surface area contributed by atoms with Crippen molar-refractivity contribution in [3.63, 3.8) is 0 Å². The number of hydrogen-bond donors (Lipinski definition) is 3. The number of methoxy groups -OCH3 is 1. The average Bonchev–Trinajstić information content (AvgIpc) is 2.29. The van der Waals surface area contributed by atoms with E-state index in [0.29, 0.717) is 6.54 Å². The van der Waals surface area contributed by atoms with Crippen LogP contribution in [0.4, 0.5) is 4.79 Å². The van der Waals surface area contributed by atoms with E-state index in [1.54, 1.807) is 7.11 Å². The van der Waals surface area contributed by atoms with Gasteiger partial charge in [0.1, 0.15) is 5.75 Å². The number of nitrogens with one attached hydrogen (secondary N) is 2. The summed E-state index contributed by atoms with van der Waals surface area (Å²) >= 11 is 0. The molecule has 0 saturated heterocycles. The first-order valence-corrected chi connectivity index (χ1v) is 4.97. The number of hydrazine groups is 1. The third-order valence-corrected chi connectivity index (χ3v) is 2.47. The molecular weight excluding hydrogens is 206 g/mol. The molecule has 0 aromatic heterocycles. The minimum atomic E-state index is -0.416. The number of benzene rings is 1. The van der Waals surface area contributed by atoms with Crippen LogP contribution in [-0.4, -0.2) is 13.1 Å². The van der Waals surface area contributed by atoms with Crippen LogP contribution in [-0.2, 0) is 6.54 Å². The van der Waals surface area contributed by atoms with Gasteiger partial charge in [-0.2, -0.15) is 0 Å². The lowest BCUT2D eigenvalue weighted by Crippen LogP contribution is -2.39. The molecule has 16 heavy (non-hydrogen) atoms. The summed E-state index contributed by atoms with van der Waals surface area (Å²) in [4.78, 5) is 10.9. The quantitative estimate of drug-likeness (QED) is 0.406. The van der Waals surface area contributed by atoms with Crippen LogP contribution in [0.1, 0.15) is 16.7 Å². The molecular formula is C11H17N3O2. The summed E-state index contributed by atoms with van der Waals surface area (Å²) in [6.45, 7) is 4.41. The minimum absolute atomic E-state index is 0.382. The third kappa shape index (κ3) is 2.87. The predicted octanol–water partition coefficient (Wildman–Crippen LogP) is 0.985. The Balaban J connectivity index is 2.86. The SMILES string of the molecule is COc1cc(C)c(C)cc1CNC(=O)NN. The zero-order valence-electron chi connectivity index (χ0n) is 9.76. The number of carbonyl (C=O) groups is 1. The molecule has 0 spiro atoms. The van der Waals surface area contributed by atoms with Crippen molar-refractivity contribution in [2.24, 2.45) is 5.84 Å². The van der Waals surface area contributed by atoms with Crippen molar-refractivity contribution in [3.8, 4) is 5.75 Å². The van der Waals surface area contributed by atoms with Crippen LogP contribution in [0.25, 0.3) is 0 Å². The molecule has 0 unspecified atom stereocenters. The number of rotatable bonds is 3. The van der Waals surface area contributed by atoms with Gasteiger partial charge in [0, 0.05) is 12.1 Å². The molecule has 0 radical (unpaired) electrons. The molecule has 5 heteroatoms. The van der Waals surface area contributed by atoms with E-state index >= 15 is 0 Å². The lowest BCUT2D eigenvalue weighted by molar-refractivity contribution is 0.240. The number of urea groups is 1. The Kier molecular flexibility index (Phi) is 4.13. The largest absolute Gasteiger partial charge is 0.496 e. The van der Waals surface area contributed by atoms with Crippen LogP contribution < -0.4 is 21.3 Å². The maximum atomic E-state index is 10.9. The maximum Gasteiger partial charge on any atom is 0.329 e. The second kappa shape index (κ2) is 5.37. The number of ether oxygens (including phenoxy) is 1. The fourth-order valence-electron chi connectivity index (χ4n) is 1.40. The molecule has 4 N–H and O–H groups in total. The van der Waals surface area contributed by atoms with Crippen LogP contribution in [0.15, 0.2) is 12.1 Å². The van der Waals surface area contributed by atoms with Crippen LogP contribution in [0.3, 0.4) is 0 Å². The number of carbonyl (C=O) groups excluding carboxylic acids is 1. The van der Waals surface area contributed by atoms with Gasteiger partial charge in [-0.1, -0.05) is 6.07 Å². The lowest BCUT2D eigenvalue weighted by atomic mass is 10.1. The van der Waals surface area contributed by atoms with Crippen molar-refractivity contribution in [2.75, 3.05) is 7.11 Å². The summed E-state index contributed by atoms with van der Waals surface area (Å²) < 4.78 is 5.24. The first-order chi connectivity index (χ1) is 7.58. The van der Waals surface area contributed by atoms with E-state index in [9.17, 15) is 4.79 Å². The van der Waals surface area contributed by atoms with E-state index in [2.05, 4.69) is 5.32 Å². The highest BCUT2D eigenvalue weighted by Crippen LogP contribution is 2.22. The molecule has 0 saturated carbocycles.